The SMILES string of the molecule is CC1CCN(S(=O)(=O)c2ccc(C(=O)NC(C)(CN)C(C)C)s2)CC1. The van der Waals surface area contributed by atoms with Gasteiger partial charge in [-0.3, -0.25) is 4.79 Å². The standard InChI is InChI=1S/C17H29N3O3S2/c1-12(2)17(4,11-18)19-16(21)14-5-6-15(24-14)25(22,23)20-9-7-13(3)8-10-20/h5-6,12-13H,7-11,18H2,1-4H3,(H,19,21). The molecule has 25 heavy (non-hydrogen) atoms. The number of nitrogens with zero attached hydrogens (tertiary/aromatic N) is 1. The van der Waals surface area contributed by atoms with Gasteiger partial charge in [0.15, 0.2) is 0 Å². The van der Waals surface area contributed by atoms with E-state index in [0.29, 0.717) is 30.4 Å². The molecule has 0 aliphatic carbocycles. The Bertz CT molecular complexity index is 706. The lowest BCUT2D eigenvalue weighted by atomic mass is 9.88. The number of nitrogens with one attached hydrogen (secondary N) is 1. The quantitative estimate of drug-likeness (QED) is 0.783. The minimum Gasteiger partial charge on any atom is -0.345 e. The maximum absolute atomic E-state index is 12.8. The summed E-state index contributed by atoms with van der Waals surface area (Å²) in [4.78, 5) is 12.9. The highest BCUT2D eigenvalue weighted by Gasteiger charge is 2.32. The van der Waals surface area contributed by atoms with E-state index in [9.17, 15) is 13.2 Å². The minimum atomic E-state index is -3.52. The van der Waals surface area contributed by atoms with Crippen LogP contribution in [0.4, 0.5) is 0 Å². The number of carbonyl (C=O) groups is 1. The molecule has 0 bridgehead atoms. The Morgan fingerprint density at radius 2 is 2.00 bits per heavy atom. The van der Waals surface area contributed by atoms with Gasteiger partial charge in [-0.1, -0.05) is 20.8 Å². The molecule has 1 fully saturated rings. The Hall–Kier alpha value is -0.960. The number of hydrogen-bond acceptors (Lipinski definition) is 5. The lowest BCUT2D eigenvalue weighted by Gasteiger charge is -2.33. The minimum absolute atomic E-state index is 0.167. The fourth-order valence-electron chi connectivity index (χ4n) is 2.69. The highest BCUT2D eigenvalue weighted by Crippen LogP contribution is 2.29. The Morgan fingerprint density at radius 3 is 2.52 bits per heavy atom. The number of piperidine rings is 1. The highest BCUT2D eigenvalue weighted by atomic mass is 32.2. The Labute approximate surface area is 154 Å². The molecule has 1 aromatic heterocycles. The Morgan fingerprint density at radius 1 is 1.40 bits per heavy atom. The molecule has 1 saturated heterocycles. The second kappa shape index (κ2) is 7.73. The van der Waals surface area contributed by atoms with E-state index in [1.807, 2.05) is 20.8 Å². The second-order valence-electron chi connectivity index (χ2n) is 7.44. The van der Waals surface area contributed by atoms with Crippen LogP contribution in [0.2, 0.25) is 0 Å². The van der Waals surface area contributed by atoms with Gasteiger partial charge in [0.05, 0.1) is 10.4 Å². The molecule has 0 saturated carbocycles. The average molecular weight is 388 g/mol. The highest BCUT2D eigenvalue weighted by molar-refractivity contribution is 7.91. The van der Waals surface area contributed by atoms with Crippen molar-refractivity contribution in [1.82, 2.24) is 9.62 Å². The van der Waals surface area contributed by atoms with Crippen molar-refractivity contribution in [1.29, 1.82) is 0 Å². The molecule has 6 nitrogen and oxygen atoms in total. The van der Waals surface area contributed by atoms with Crippen LogP contribution in [0.5, 0.6) is 0 Å². The summed E-state index contributed by atoms with van der Waals surface area (Å²) in [5.41, 5.74) is 5.28. The lowest BCUT2D eigenvalue weighted by Crippen LogP contribution is -2.54. The predicted octanol–water partition coefficient (Wildman–Crippen LogP) is 2.27. The van der Waals surface area contributed by atoms with Gasteiger partial charge in [-0.25, -0.2) is 8.42 Å². The molecule has 1 aromatic rings. The first-order valence-corrected chi connectivity index (χ1v) is 11.0. The zero-order valence-corrected chi connectivity index (χ0v) is 17.0. The molecule has 2 rings (SSSR count). The van der Waals surface area contributed by atoms with Crippen LogP contribution in [0.3, 0.4) is 0 Å². The summed E-state index contributed by atoms with van der Waals surface area (Å²) in [7, 11) is -3.52. The predicted molar refractivity (Wildman–Crippen MR) is 101 cm³/mol. The molecule has 0 aromatic carbocycles. The van der Waals surface area contributed by atoms with Gasteiger partial charge in [0, 0.05) is 19.6 Å². The molecule has 2 heterocycles. The summed E-state index contributed by atoms with van der Waals surface area (Å²) < 4.78 is 27.3. The molecule has 1 atom stereocenters. The summed E-state index contributed by atoms with van der Waals surface area (Å²) in [5.74, 6) is 0.446. The smallest absolute Gasteiger partial charge is 0.261 e. The maximum Gasteiger partial charge on any atom is 0.261 e. The summed E-state index contributed by atoms with van der Waals surface area (Å²) in [6.07, 6.45) is 1.75. The van der Waals surface area contributed by atoms with Crippen molar-refractivity contribution in [2.75, 3.05) is 19.6 Å². The van der Waals surface area contributed by atoms with Gasteiger partial charge in [-0.05, 0) is 43.7 Å². The maximum atomic E-state index is 12.8. The van der Waals surface area contributed by atoms with Gasteiger partial charge in [0.25, 0.3) is 15.9 Å². The molecule has 0 spiro atoms. The van der Waals surface area contributed by atoms with Crippen molar-refractivity contribution in [2.24, 2.45) is 17.6 Å². The molecule has 8 heteroatoms. The van der Waals surface area contributed by atoms with E-state index in [0.717, 1.165) is 24.2 Å². The summed E-state index contributed by atoms with van der Waals surface area (Å²) in [6.45, 7) is 9.43. The average Bonchev–Trinajstić information content (AvgIpc) is 3.06. The summed E-state index contributed by atoms with van der Waals surface area (Å²) in [5, 5.41) is 2.95. The molecule has 0 radical (unpaired) electrons. The van der Waals surface area contributed by atoms with E-state index in [4.69, 9.17) is 5.73 Å². The molecular weight excluding hydrogens is 358 g/mol. The largest absolute Gasteiger partial charge is 0.345 e. The van der Waals surface area contributed by atoms with Crippen LogP contribution in [0.15, 0.2) is 16.3 Å². The third kappa shape index (κ3) is 4.42. The monoisotopic (exact) mass is 387 g/mol. The van der Waals surface area contributed by atoms with E-state index in [1.165, 1.54) is 10.4 Å². The zero-order valence-electron chi connectivity index (χ0n) is 15.4. The van der Waals surface area contributed by atoms with Crippen LogP contribution in [-0.2, 0) is 10.0 Å². The van der Waals surface area contributed by atoms with Crippen molar-refractivity contribution in [3.8, 4) is 0 Å². The van der Waals surface area contributed by atoms with Crippen LogP contribution >= 0.6 is 11.3 Å². The van der Waals surface area contributed by atoms with E-state index in [2.05, 4.69) is 12.2 Å². The lowest BCUT2D eigenvalue weighted by molar-refractivity contribution is 0.0887. The van der Waals surface area contributed by atoms with Crippen molar-refractivity contribution >= 4 is 27.3 Å². The van der Waals surface area contributed by atoms with E-state index in [1.54, 1.807) is 6.07 Å². The van der Waals surface area contributed by atoms with Crippen molar-refractivity contribution in [2.45, 2.75) is 50.3 Å². The van der Waals surface area contributed by atoms with E-state index >= 15 is 0 Å². The topological polar surface area (TPSA) is 92.5 Å². The van der Waals surface area contributed by atoms with Crippen molar-refractivity contribution in [3.63, 3.8) is 0 Å². The van der Waals surface area contributed by atoms with Crippen LogP contribution < -0.4 is 11.1 Å². The van der Waals surface area contributed by atoms with Gasteiger partial charge < -0.3 is 11.1 Å². The first kappa shape index (κ1) is 20.4. The number of rotatable bonds is 6. The Kier molecular flexibility index (Phi) is 6.30. The van der Waals surface area contributed by atoms with Gasteiger partial charge in [-0.15, -0.1) is 11.3 Å². The number of sulfonamides is 1. The second-order valence-corrected chi connectivity index (χ2v) is 10.7. The first-order valence-electron chi connectivity index (χ1n) is 8.72. The van der Waals surface area contributed by atoms with Crippen molar-refractivity contribution < 1.29 is 13.2 Å². The molecule has 1 aliphatic heterocycles. The molecule has 1 amide bonds. The fraction of sp³-hybridized carbons (Fsp3) is 0.706. The molecule has 1 aliphatic rings. The van der Waals surface area contributed by atoms with Gasteiger partial charge >= 0.3 is 0 Å². The molecule has 3 N–H and O–H groups in total. The van der Waals surface area contributed by atoms with E-state index in [-0.39, 0.29) is 16.0 Å². The van der Waals surface area contributed by atoms with Crippen molar-refractivity contribution in [3.05, 3.63) is 17.0 Å². The number of hydrogen-bond donors (Lipinski definition) is 2. The molecule has 142 valence electrons. The first-order chi connectivity index (χ1) is 11.6. The summed E-state index contributed by atoms with van der Waals surface area (Å²) in [6, 6.07) is 3.11. The van der Waals surface area contributed by atoms with Crippen LogP contribution in [0, 0.1) is 11.8 Å². The van der Waals surface area contributed by atoms with Gasteiger partial charge in [-0.2, -0.15) is 4.31 Å². The third-order valence-electron chi connectivity index (χ3n) is 5.24. The Balaban J connectivity index is 2.15. The van der Waals surface area contributed by atoms with E-state index < -0.39 is 15.6 Å². The normalized spacial score (nSPS) is 19.8. The number of amides is 1. The molecule has 1 unspecified atom stereocenters. The van der Waals surface area contributed by atoms with Gasteiger partial charge in [0.2, 0.25) is 0 Å². The van der Waals surface area contributed by atoms with Crippen LogP contribution in [0.25, 0.3) is 0 Å². The number of thiophene rings is 1. The van der Waals surface area contributed by atoms with Gasteiger partial charge in [0.1, 0.15) is 4.21 Å². The molecular formula is C17H29N3O3S2. The third-order valence-corrected chi connectivity index (χ3v) is 8.69. The number of nitrogens with two attached hydrogens (primary N) is 1. The number of carbonyl (C=O) groups excluding carboxylic acids is 1. The fourth-order valence-corrected chi connectivity index (χ4v) is 5.51. The van der Waals surface area contributed by atoms with Crippen LogP contribution in [-0.4, -0.2) is 43.8 Å². The van der Waals surface area contributed by atoms with Crippen LogP contribution in [0.1, 0.15) is 50.2 Å². The zero-order chi connectivity index (χ0) is 18.8. The summed E-state index contributed by atoms with van der Waals surface area (Å²) >= 11 is 1.02.